The second kappa shape index (κ2) is 8.24. The minimum absolute atomic E-state index is 0.372. The predicted octanol–water partition coefficient (Wildman–Crippen LogP) is 1.31. The van der Waals surface area contributed by atoms with E-state index >= 15 is 0 Å². The molecule has 6 nitrogen and oxygen atoms in total. The molecule has 0 radical (unpaired) electrons. The lowest BCUT2D eigenvalue weighted by Gasteiger charge is -2.22. The lowest BCUT2D eigenvalue weighted by Crippen LogP contribution is -2.32. The first kappa shape index (κ1) is 14.4. The molecule has 1 N–H and O–H groups in total. The summed E-state index contributed by atoms with van der Waals surface area (Å²) in [6.45, 7) is 5.95. The van der Waals surface area contributed by atoms with Gasteiger partial charge in [0.15, 0.2) is 5.82 Å². The van der Waals surface area contributed by atoms with Crippen LogP contribution < -0.4 is 5.32 Å². The molecule has 1 aromatic heterocycles. The molecule has 108 valence electrons. The minimum atomic E-state index is 0.372. The molecule has 0 aromatic carbocycles. The van der Waals surface area contributed by atoms with Crippen LogP contribution in [0, 0.1) is 0 Å². The monoisotopic (exact) mass is 269 g/mol. The number of hydrogen-bond acceptors (Lipinski definition) is 6. The summed E-state index contributed by atoms with van der Waals surface area (Å²) < 4.78 is 16.3. The third-order valence-electron chi connectivity index (χ3n) is 3.05. The van der Waals surface area contributed by atoms with Gasteiger partial charge in [-0.2, -0.15) is 4.98 Å². The fourth-order valence-corrected chi connectivity index (χ4v) is 2.03. The standard InChI is InChI=1S/C13H23N3O3/c1-2-8-17-10-12-15-13(19-16-12)5-9-18-11-3-6-14-7-4-11/h11,14H,2-10H2,1H3. The van der Waals surface area contributed by atoms with Gasteiger partial charge in [-0.1, -0.05) is 12.1 Å². The van der Waals surface area contributed by atoms with E-state index < -0.39 is 0 Å². The van der Waals surface area contributed by atoms with Crippen molar-refractivity contribution in [2.24, 2.45) is 0 Å². The molecule has 19 heavy (non-hydrogen) atoms. The maximum Gasteiger partial charge on any atom is 0.229 e. The van der Waals surface area contributed by atoms with Crippen LogP contribution in [0.2, 0.25) is 0 Å². The Bertz CT molecular complexity index is 351. The van der Waals surface area contributed by atoms with E-state index in [0.29, 0.717) is 37.5 Å². The molecule has 6 heteroatoms. The Labute approximate surface area is 113 Å². The van der Waals surface area contributed by atoms with Gasteiger partial charge >= 0.3 is 0 Å². The van der Waals surface area contributed by atoms with Gasteiger partial charge in [-0.3, -0.25) is 0 Å². The number of nitrogens with one attached hydrogen (secondary N) is 1. The molecule has 1 aliphatic rings. The number of ether oxygens (including phenoxy) is 2. The Balaban J connectivity index is 1.62. The van der Waals surface area contributed by atoms with Gasteiger partial charge in [-0.05, 0) is 32.4 Å². The van der Waals surface area contributed by atoms with Crippen LogP contribution >= 0.6 is 0 Å². The summed E-state index contributed by atoms with van der Waals surface area (Å²) >= 11 is 0. The van der Waals surface area contributed by atoms with Crippen molar-refractivity contribution in [3.8, 4) is 0 Å². The highest BCUT2D eigenvalue weighted by atomic mass is 16.5. The maximum absolute atomic E-state index is 5.80. The van der Waals surface area contributed by atoms with Gasteiger partial charge in [-0.25, -0.2) is 0 Å². The van der Waals surface area contributed by atoms with Crippen LogP contribution in [0.25, 0.3) is 0 Å². The summed E-state index contributed by atoms with van der Waals surface area (Å²) in [4.78, 5) is 4.27. The number of nitrogens with zero attached hydrogens (tertiary/aromatic N) is 2. The third kappa shape index (κ3) is 5.26. The molecule has 0 amide bonds. The van der Waals surface area contributed by atoms with Gasteiger partial charge in [0.05, 0.1) is 19.1 Å². The molecule has 1 saturated heterocycles. The average Bonchev–Trinajstić information content (AvgIpc) is 2.88. The summed E-state index contributed by atoms with van der Waals surface area (Å²) in [6, 6.07) is 0. The maximum atomic E-state index is 5.80. The van der Waals surface area contributed by atoms with Gasteiger partial charge in [0.1, 0.15) is 6.61 Å². The van der Waals surface area contributed by atoms with Crippen LogP contribution in [-0.4, -0.2) is 42.5 Å². The van der Waals surface area contributed by atoms with E-state index in [1.807, 2.05) is 0 Å². The third-order valence-corrected chi connectivity index (χ3v) is 3.05. The van der Waals surface area contributed by atoms with E-state index in [9.17, 15) is 0 Å². The fourth-order valence-electron chi connectivity index (χ4n) is 2.03. The zero-order valence-electron chi connectivity index (χ0n) is 11.6. The molecule has 1 fully saturated rings. The van der Waals surface area contributed by atoms with E-state index in [-0.39, 0.29) is 0 Å². The zero-order chi connectivity index (χ0) is 13.3. The van der Waals surface area contributed by atoms with E-state index in [2.05, 4.69) is 22.4 Å². The fraction of sp³-hybridized carbons (Fsp3) is 0.846. The summed E-state index contributed by atoms with van der Waals surface area (Å²) in [5, 5.41) is 7.19. The molecular weight excluding hydrogens is 246 g/mol. The molecule has 0 bridgehead atoms. The number of piperidine rings is 1. The Kier molecular flexibility index (Phi) is 6.26. The SMILES string of the molecule is CCCOCc1noc(CCOC2CCNCC2)n1. The molecular formula is C13H23N3O3. The Hall–Kier alpha value is -0.980. The molecule has 0 spiro atoms. The van der Waals surface area contributed by atoms with Crippen LogP contribution in [-0.2, 0) is 22.5 Å². The summed E-state index contributed by atoms with van der Waals surface area (Å²) in [7, 11) is 0. The van der Waals surface area contributed by atoms with Gasteiger partial charge in [-0.15, -0.1) is 0 Å². The number of aromatic nitrogens is 2. The second-order valence-corrected chi connectivity index (χ2v) is 4.73. The largest absolute Gasteiger partial charge is 0.378 e. The van der Waals surface area contributed by atoms with Crippen LogP contribution in [0.3, 0.4) is 0 Å². The first-order chi connectivity index (χ1) is 9.38. The van der Waals surface area contributed by atoms with Gasteiger partial charge in [0.2, 0.25) is 5.89 Å². The molecule has 1 aliphatic heterocycles. The Morgan fingerprint density at radius 1 is 1.32 bits per heavy atom. The normalized spacial score (nSPS) is 16.9. The highest BCUT2D eigenvalue weighted by Crippen LogP contribution is 2.08. The summed E-state index contributed by atoms with van der Waals surface area (Å²) in [5.74, 6) is 1.24. The van der Waals surface area contributed by atoms with Crippen molar-refractivity contribution in [2.45, 2.75) is 45.3 Å². The van der Waals surface area contributed by atoms with Crippen LogP contribution in [0.4, 0.5) is 0 Å². The molecule has 0 aliphatic carbocycles. The number of hydrogen-bond donors (Lipinski definition) is 1. The van der Waals surface area contributed by atoms with Gasteiger partial charge in [0, 0.05) is 6.61 Å². The van der Waals surface area contributed by atoms with Crippen molar-refractivity contribution in [1.82, 2.24) is 15.5 Å². The van der Waals surface area contributed by atoms with Crippen LogP contribution in [0.1, 0.15) is 37.9 Å². The zero-order valence-corrected chi connectivity index (χ0v) is 11.6. The van der Waals surface area contributed by atoms with Crippen molar-refractivity contribution >= 4 is 0 Å². The molecule has 2 heterocycles. The molecule has 2 rings (SSSR count). The highest BCUT2D eigenvalue weighted by Gasteiger charge is 2.13. The van der Waals surface area contributed by atoms with Crippen molar-refractivity contribution in [2.75, 3.05) is 26.3 Å². The van der Waals surface area contributed by atoms with Crippen molar-refractivity contribution in [3.63, 3.8) is 0 Å². The molecule has 1 aromatic rings. The van der Waals surface area contributed by atoms with E-state index in [0.717, 1.165) is 39.0 Å². The summed E-state index contributed by atoms with van der Waals surface area (Å²) in [5.41, 5.74) is 0. The predicted molar refractivity (Wildman–Crippen MR) is 69.8 cm³/mol. The van der Waals surface area contributed by atoms with Crippen molar-refractivity contribution < 1.29 is 14.0 Å². The lowest BCUT2D eigenvalue weighted by molar-refractivity contribution is 0.0322. The van der Waals surface area contributed by atoms with Crippen molar-refractivity contribution in [1.29, 1.82) is 0 Å². The molecule has 0 unspecified atom stereocenters. The average molecular weight is 269 g/mol. The molecule has 0 atom stereocenters. The van der Waals surface area contributed by atoms with Crippen LogP contribution in [0.15, 0.2) is 4.52 Å². The topological polar surface area (TPSA) is 69.4 Å². The van der Waals surface area contributed by atoms with Gasteiger partial charge < -0.3 is 19.3 Å². The molecule has 0 saturated carbocycles. The minimum Gasteiger partial charge on any atom is -0.378 e. The first-order valence-corrected chi connectivity index (χ1v) is 7.10. The first-order valence-electron chi connectivity index (χ1n) is 7.10. The van der Waals surface area contributed by atoms with Crippen LogP contribution in [0.5, 0.6) is 0 Å². The van der Waals surface area contributed by atoms with E-state index in [1.165, 1.54) is 0 Å². The number of rotatable bonds is 8. The Morgan fingerprint density at radius 3 is 2.95 bits per heavy atom. The summed E-state index contributed by atoms with van der Waals surface area (Å²) in [6.07, 6.45) is 4.20. The quantitative estimate of drug-likeness (QED) is 0.718. The van der Waals surface area contributed by atoms with Gasteiger partial charge in [0.25, 0.3) is 0 Å². The second-order valence-electron chi connectivity index (χ2n) is 4.73. The Morgan fingerprint density at radius 2 is 2.16 bits per heavy atom. The lowest BCUT2D eigenvalue weighted by atomic mass is 10.1. The smallest absolute Gasteiger partial charge is 0.229 e. The van der Waals surface area contributed by atoms with E-state index in [4.69, 9.17) is 14.0 Å². The highest BCUT2D eigenvalue weighted by molar-refractivity contribution is 4.84. The van der Waals surface area contributed by atoms with E-state index in [1.54, 1.807) is 0 Å². The van der Waals surface area contributed by atoms with Crippen molar-refractivity contribution in [3.05, 3.63) is 11.7 Å².